The summed E-state index contributed by atoms with van der Waals surface area (Å²) in [5.74, 6) is 2.28. The summed E-state index contributed by atoms with van der Waals surface area (Å²) >= 11 is 0. The molecule has 6 N–H and O–H groups in total. The first-order chi connectivity index (χ1) is 12.4. The number of nitrogens with two attached hydrogens (primary N) is 3. The third-order valence-electron chi connectivity index (χ3n) is 3.20. The minimum atomic E-state index is -0.833. The second-order valence-electron chi connectivity index (χ2n) is 4.98. The summed E-state index contributed by atoms with van der Waals surface area (Å²) in [6, 6.07) is 9.84. The second-order valence-corrected chi connectivity index (χ2v) is 4.98. The molecule has 1 heterocycles. The van der Waals surface area contributed by atoms with Crippen LogP contribution in [0.1, 0.15) is 0 Å². The maximum atomic E-state index is 9.00. The van der Waals surface area contributed by atoms with E-state index in [1.165, 1.54) is 6.33 Å². The van der Waals surface area contributed by atoms with E-state index in [1.807, 2.05) is 0 Å². The first-order valence-electron chi connectivity index (χ1n) is 7.39. The molecule has 9 nitrogen and oxygen atoms in total. The van der Waals surface area contributed by atoms with Gasteiger partial charge in [-0.25, -0.2) is 14.8 Å². The molecule has 26 heavy (non-hydrogen) atoms. The van der Waals surface area contributed by atoms with E-state index >= 15 is 0 Å². The van der Waals surface area contributed by atoms with Crippen LogP contribution >= 0.6 is 0 Å². The zero-order valence-electron chi connectivity index (χ0n) is 14.3. The number of primary amides is 2. The molecule has 0 fully saturated rings. The van der Waals surface area contributed by atoms with Crippen LogP contribution in [-0.2, 0) is 0 Å². The summed E-state index contributed by atoms with van der Waals surface area (Å²) in [5.41, 5.74) is 15.5. The van der Waals surface area contributed by atoms with Crippen molar-refractivity contribution < 1.29 is 19.0 Å². The third kappa shape index (κ3) is 4.63. The van der Waals surface area contributed by atoms with Crippen LogP contribution in [0, 0.1) is 0 Å². The molecular weight excluding hydrogens is 338 g/mol. The van der Waals surface area contributed by atoms with Crippen molar-refractivity contribution in [3.8, 4) is 23.1 Å². The molecule has 3 aromatic rings. The molecule has 136 valence electrons. The molecule has 3 rings (SSSR count). The molecule has 9 heteroatoms. The lowest BCUT2D eigenvalue weighted by atomic mass is 10.2. The van der Waals surface area contributed by atoms with Crippen LogP contribution in [0.25, 0.3) is 10.9 Å². The van der Waals surface area contributed by atoms with E-state index in [4.69, 9.17) is 24.7 Å². The number of carbonyl (C=O) groups excluding carboxylic acids is 1. The minimum absolute atomic E-state index is 0.440. The Morgan fingerprint density at radius 3 is 2.12 bits per heavy atom. The number of benzene rings is 2. The molecule has 0 bridgehead atoms. The largest absolute Gasteiger partial charge is 0.493 e. The fourth-order valence-corrected chi connectivity index (χ4v) is 2.09. The topological polar surface area (TPSA) is 149 Å². The summed E-state index contributed by atoms with van der Waals surface area (Å²) in [5, 5.41) is 0.733. The van der Waals surface area contributed by atoms with Gasteiger partial charge >= 0.3 is 6.03 Å². The molecule has 0 atom stereocenters. The van der Waals surface area contributed by atoms with E-state index < -0.39 is 6.03 Å². The van der Waals surface area contributed by atoms with Crippen molar-refractivity contribution in [3.05, 3.63) is 42.7 Å². The fourth-order valence-electron chi connectivity index (χ4n) is 2.09. The van der Waals surface area contributed by atoms with Gasteiger partial charge in [-0.05, 0) is 30.3 Å². The lowest BCUT2D eigenvalue weighted by molar-refractivity contribution is 0.256. The van der Waals surface area contributed by atoms with Crippen molar-refractivity contribution in [2.45, 2.75) is 0 Å². The Kier molecular flexibility index (Phi) is 5.99. The molecule has 0 aliphatic rings. The van der Waals surface area contributed by atoms with Crippen molar-refractivity contribution in [2.24, 2.45) is 11.5 Å². The molecular formula is C17H19N5O4. The van der Waals surface area contributed by atoms with Crippen molar-refractivity contribution in [1.29, 1.82) is 0 Å². The summed E-state index contributed by atoms with van der Waals surface area (Å²) in [4.78, 5) is 17.4. The number of urea groups is 1. The summed E-state index contributed by atoms with van der Waals surface area (Å²) in [7, 11) is 3.16. The highest BCUT2D eigenvalue weighted by molar-refractivity contribution is 5.87. The SMILES string of the molecule is COc1cc2ncnc(Oc3ccc(N)cc3)c2cc1OC.NC(N)=O. The molecule has 0 unspecified atom stereocenters. The lowest BCUT2D eigenvalue weighted by Crippen LogP contribution is -2.18. The van der Waals surface area contributed by atoms with Crippen LogP contribution in [0.3, 0.4) is 0 Å². The fraction of sp³-hybridized carbons (Fsp3) is 0.118. The molecule has 0 saturated carbocycles. The average molecular weight is 357 g/mol. The highest BCUT2D eigenvalue weighted by atomic mass is 16.5. The number of hydrogen-bond donors (Lipinski definition) is 3. The Labute approximate surface area is 149 Å². The third-order valence-corrected chi connectivity index (χ3v) is 3.20. The van der Waals surface area contributed by atoms with Crippen molar-refractivity contribution in [3.63, 3.8) is 0 Å². The van der Waals surface area contributed by atoms with Crippen LogP contribution in [-0.4, -0.2) is 30.2 Å². The second kappa shape index (κ2) is 8.38. The smallest absolute Gasteiger partial charge is 0.309 e. The van der Waals surface area contributed by atoms with Crippen LogP contribution in [0.5, 0.6) is 23.1 Å². The van der Waals surface area contributed by atoms with Gasteiger partial charge in [0.15, 0.2) is 11.5 Å². The summed E-state index contributed by atoms with van der Waals surface area (Å²) < 4.78 is 16.4. The Morgan fingerprint density at radius 1 is 0.962 bits per heavy atom. The van der Waals surface area contributed by atoms with E-state index in [1.54, 1.807) is 50.6 Å². The molecule has 0 saturated heterocycles. The minimum Gasteiger partial charge on any atom is -0.493 e. The van der Waals surface area contributed by atoms with Crippen molar-refractivity contribution >= 4 is 22.6 Å². The maximum Gasteiger partial charge on any atom is 0.309 e. The zero-order valence-corrected chi connectivity index (χ0v) is 14.3. The Morgan fingerprint density at radius 2 is 1.54 bits per heavy atom. The number of fused-ring (bicyclic) bond motifs is 1. The van der Waals surface area contributed by atoms with E-state index in [2.05, 4.69) is 21.4 Å². The number of aromatic nitrogens is 2. The summed E-state index contributed by atoms with van der Waals surface area (Å²) in [6.07, 6.45) is 1.45. The standard InChI is InChI=1S/C16H15N3O3.CH4N2O/c1-20-14-7-12-13(8-15(14)21-2)18-9-19-16(12)22-11-5-3-10(17)4-6-11;2-1(3)4/h3-9H,17H2,1-2H3;(H4,2,3,4). The van der Waals surface area contributed by atoms with Gasteiger partial charge in [0.2, 0.25) is 5.88 Å². The van der Waals surface area contributed by atoms with Gasteiger partial charge in [-0.15, -0.1) is 0 Å². The van der Waals surface area contributed by atoms with Gasteiger partial charge in [-0.3, -0.25) is 0 Å². The Hall–Kier alpha value is -3.75. The molecule has 2 aromatic carbocycles. The first-order valence-corrected chi connectivity index (χ1v) is 7.39. The van der Waals surface area contributed by atoms with Gasteiger partial charge in [-0.1, -0.05) is 0 Å². The average Bonchev–Trinajstić information content (AvgIpc) is 2.62. The van der Waals surface area contributed by atoms with E-state index in [0.717, 1.165) is 5.39 Å². The lowest BCUT2D eigenvalue weighted by Gasteiger charge is -2.11. The number of nitrogen functional groups attached to an aromatic ring is 1. The Bertz CT molecular complexity index is 896. The van der Waals surface area contributed by atoms with Crippen LogP contribution in [0.15, 0.2) is 42.7 Å². The van der Waals surface area contributed by atoms with Gasteiger partial charge in [0, 0.05) is 11.8 Å². The zero-order chi connectivity index (χ0) is 19.1. The van der Waals surface area contributed by atoms with Crippen LogP contribution in [0.4, 0.5) is 10.5 Å². The van der Waals surface area contributed by atoms with Gasteiger partial charge in [-0.2, -0.15) is 0 Å². The number of anilines is 1. The number of carbonyl (C=O) groups is 1. The number of methoxy groups -OCH3 is 2. The molecule has 0 radical (unpaired) electrons. The highest BCUT2D eigenvalue weighted by Crippen LogP contribution is 2.35. The Balaban J connectivity index is 0.000000552. The molecule has 0 aliphatic carbocycles. The van der Waals surface area contributed by atoms with Gasteiger partial charge in [0.05, 0.1) is 25.1 Å². The predicted molar refractivity (Wildman–Crippen MR) is 97.3 cm³/mol. The van der Waals surface area contributed by atoms with Gasteiger partial charge in [0.25, 0.3) is 0 Å². The first kappa shape index (κ1) is 18.6. The molecule has 2 amide bonds. The number of amides is 2. The molecule has 0 aliphatic heterocycles. The van der Waals surface area contributed by atoms with Crippen LogP contribution in [0.2, 0.25) is 0 Å². The maximum absolute atomic E-state index is 9.00. The number of hydrogen-bond acceptors (Lipinski definition) is 7. The van der Waals surface area contributed by atoms with Gasteiger partial charge in [0.1, 0.15) is 12.1 Å². The normalized spacial score (nSPS) is 9.77. The van der Waals surface area contributed by atoms with Crippen molar-refractivity contribution in [2.75, 3.05) is 20.0 Å². The van der Waals surface area contributed by atoms with E-state index in [9.17, 15) is 0 Å². The van der Waals surface area contributed by atoms with Gasteiger partial charge < -0.3 is 31.4 Å². The highest BCUT2D eigenvalue weighted by Gasteiger charge is 2.12. The monoisotopic (exact) mass is 357 g/mol. The number of rotatable bonds is 4. The molecule has 0 spiro atoms. The number of ether oxygens (including phenoxy) is 3. The van der Waals surface area contributed by atoms with Crippen LogP contribution < -0.4 is 31.4 Å². The number of nitrogens with zero attached hydrogens (tertiary/aromatic N) is 2. The van der Waals surface area contributed by atoms with E-state index in [0.29, 0.717) is 34.3 Å². The van der Waals surface area contributed by atoms with E-state index in [-0.39, 0.29) is 0 Å². The quantitative estimate of drug-likeness (QED) is 0.605. The predicted octanol–water partition coefficient (Wildman–Crippen LogP) is 2.05. The van der Waals surface area contributed by atoms with Crippen molar-refractivity contribution in [1.82, 2.24) is 9.97 Å². The molecule has 1 aromatic heterocycles. The summed E-state index contributed by atoms with van der Waals surface area (Å²) in [6.45, 7) is 0.